The summed E-state index contributed by atoms with van der Waals surface area (Å²) in [5, 5.41) is 1.82. The molecule has 0 amide bonds. The van der Waals surface area contributed by atoms with Crippen LogP contribution in [-0.4, -0.2) is 43.1 Å². The quantitative estimate of drug-likeness (QED) is 0.113. The third-order valence-corrected chi connectivity index (χ3v) is 19.5. The monoisotopic (exact) mass is 782 g/mol. The van der Waals surface area contributed by atoms with E-state index in [1.54, 1.807) is 23.9 Å². The highest BCUT2D eigenvalue weighted by Gasteiger charge is 2.84. The maximum atomic E-state index is 6.62. The molecular weight excluding hydrogens is 766 g/mol. The Bertz CT molecular complexity index is 1080. The van der Waals surface area contributed by atoms with Gasteiger partial charge in [0.25, 0.3) is 0 Å². The molecule has 2 bridgehead atoms. The smallest absolute Gasteiger partial charge is 0.248 e. The molecule has 0 aromatic heterocycles. The van der Waals surface area contributed by atoms with Gasteiger partial charge in [0, 0.05) is 15.8 Å². The zero-order valence-corrected chi connectivity index (χ0v) is 30.0. The van der Waals surface area contributed by atoms with E-state index in [9.17, 15) is 0 Å². The minimum Gasteiger partial charge on any atom is -0.322 e. The highest BCUT2D eigenvalue weighted by molar-refractivity contribution is 8.69. The molecule has 16 heteroatoms. The van der Waals surface area contributed by atoms with Gasteiger partial charge in [-0.3, -0.25) is 0 Å². The first-order valence-corrected chi connectivity index (χ1v) is 19.9. The Balaban J connectivity index is 0.000000206. The minimum absolute atomic E-state index is 0.184. The van der Waals surface area contributed by atoms with E-state index in [0.29, 0.717) is 29.7 Å². The molecule has 4 rings (SSSR count). The third-order valence-electron chi connectivity index (χ3n) is 6.21. The van der Waals surface area contributed by atoms with Crippen molar-refractivity contribution < 1.29 is 9.05 Å². The predicted molar refractivity (Wildman–Crippen MR) is 174 cm³/mol. The van der Waals surface area contributed by atoms with E-state index in [4.69, 9.17) is 137 Å². The molecule has 3 aliphatic rings. The van der Waals surface area contributed by atoms with Crippen LogP contribution in [0.4, 0.5) is 0 Å². The number of allylic oxidation sites excluding steroid dienone is 2. The first-order chi connectivity index (χ1) is 17.1. The molecule has 2 saturated carbocycles. The first kappa shape index (κ1) is 34.6. The molecule has 2 nitrogen and oxygen atoms in total. The van der Waals surface area contributed by atoms with Crippen molar-refractivity contribution in [3.05, 3.63) is 38.3 Å². The van der Waals surface area contributed by atoms with Crippen LogP contribution in [0.5, 0.6) is 0 Å². The molecule has 0 aliphatic heterocycles. The molecule has 0 spiro atoms. The highest BCUT2D eigenvalue weighted by atomic mass is 35.5. The van der Waals surface area contributed by atoms with Crippen LogP contribution in [0.25, 0.3) is 0 Å². The SMILES string of the molecule is CCOP(=S)(OCC)SCSc1cc(Cl)ccc1Cl.ClC1=C(Cl)C2(Cl)C3C(Cl)C(Cl)CC3C1(Cl)C2(Cl)Cl. The van der Waals surface area contributed by atoms with Crippen LogP contribution in [0.15, 0.2) is 33.2 Å². The zero-order chi connectivity index (χ0) is 28.0. The van der Waals surface area contributed by atoms with Gasteiger partial charge in [0.05, 0.1) is 44.1 Å². The maximum absolute atomic E-state index is 6.62. The molecule has 37 heavy (non-hydrogen) atoms. The van der Waals surface area contributed by atoms with Crippen molar-refractivity contribution in [1.82, 2.24) is 0 Å². The van der Waals surface area contributed by atoms with E-state index in [1.165, 1.54) is 11.4 Å². The number of fused-ring (bicyclic) bond motifs is 5. The van der Waals surface area contributed by atoms with E-state index in [1.807, 2.05) is 19.9 Å². The lowest BCUT2D eigenvalue weighted by atomic mass is 9.84. The van der Waals surface area contributed by atoms with Gasteiger partial charge in [-0.05, 0) is 56.2 Å². The second-order valence-corrected chi connectivity index (χ2v) is 21.1. The molecule has 6 unspecified atom stereocenters. The summed E-state index contributed by atoms with van der Waals surface area (Å²) in [7, 11) is 0. The molecule has 0 N–H and O–H groups in total. The van der Waals surface area contributed by atoms with E-state index >= 15 is 0 Å². The molecule has 0 saturated heterocycles. The van der Waals surface area contributed by atoms with Gasteiger partial charge in [-0.25, -0.2) is 0 Å². The second kappa shape index (κ2) is 13.4. The fraction of sp³-hybridized carbons (Fsp3) is 0.619. The van der Waals surface area contributed by atoms with Gasteiger partial charge in [-0.1, -0.05) is 81.0 Å². The Labute approximate surface area is 281 Å². The van der Waals surface area contributed by atoms with E-state index in [-0.39, 0.29) is 27.3 Å². The van der Waals surface area contributed by atoms with Crippen molar-refractivity contribution in [1.29, 1.82) is 0 Å². The number of hydrogen-bond acceptors (Lipinski definition) is 5. The van der Waals surface area contributed by atoms with Crippen LogP contribution in [-0.2, 0) is 20.9 Å². The van der Waals surface area contributed by atoms with Crippen molar-refractivity contribution in [2.45, 2.75) is 50.0 Å². The predicted octanol–water partition coefficient (Wildman–Crippen LogP) is 11.8. The van der Waals surface area contributed by atoms with Gasteiger partial charge in [0.1, 0.15) is 9.75 Å². The molecule has 210 valence electrons. The average Bonchev–Trinajstić information content (AvgIpc) is 3.23. The summed E-state index contributed by atoms with van der Waals surface area (Å²) in [6.07, 6.45) is 0.555. The van der Waals surface area contributed by atoms with Crippen molar-refractivity contribution in [2.24, 2.45) is 11.8 Å². The van der Waals surface area contributed by atoms with Crippen molar-refractivity contribution in [3.63, 3.8) is 0 Å². The average molecular weight is 787 g/mol. The number of benzene rings is 1. The summed E-state index contributed by atoms with van der Waals surface area (Å²) >= 11 is 71.6. The topological polar surface area (TPSA) is 18.5 Å². The van der Waals surface area contributed by atoms with E-state index < -0.39 is 25.2 Å². The van der Waals surface area contributed by atoms with Gasteiger partial charge < -0.3 is 9.05 Å². The van der Waals surface area contributed by atoms with E-state index in [2.05, 4.69) is 0 Å². The molecule has 0 radical (unpaired) electrons. The van der Waals surface area contributed by atoms with Crippen molar-refractivity contribution >= 4 is 157 Å². The number of hydrogen-bond donors (Lipinski definition) is 0. The Morgan fingerprint density at radius 1 is 0.973 bits per heavy atom. The third kappa shape index (κ3) is 6.22. The minimum atomic E-state index is -2.23. The number of thioether (sulfide) groups is 1. The molecule has 6 atom stereocenters. The summed E-state index contributed by atoms with van der Waals surface area (Å²) in [4.78, 5) is -1.56. The molecule has 3 aliphatic carbocycles. The van der Waals surface area contributed by atoms with Crippen molar-refractivity contribution in [2.75, 3.05) is 18.3 Å². The summed E-state index contributed by atoms with van der Waals surface area (Å²) in [6, 6.07) is 5.41. The van der Waals surface area contributed by atoms with Gasteiger partial charge in [0.15, 0.2) is 4.33 Å². The van der Waals surface area contributed by atoms with Gasteiger partial charge in [-0.2, -0.15) is 0 Å². The molecule has 0 heterocycles. The van der Waals surface area contributed by atoms with Crippen molar-refractivity contribution in [3.8, 4) is 0 Å². The van der Waals surface area contributed by atoms with Crippen LogP contribution >= 0.6 is 145 Å². The molecule has 1 aromatic carbocycles. The maximum Gasteiger partial charge on any atom is 0.248 e. The fourth-order valence-corrected chi connectivity index (χ4v) is 16.2. The second-order valence-electron chi connectivity index (χ2n) is 8.20. The summed E-state index contributed by atoms with van der Waals surface area (Å²) in [5.41, 5.74) is -2.23. The molecule has 2 fully saturated rings. The Morgan fingerprint density at radius 3 is 2.11 bits per heavy atom. The molecular formula is C21H21Cl10O2PS3. The van der Waals surface area contributed by atoms with Gasteiger partial charge in [-0.15, -0.1) is 58.2 Å². The standard InChI is InChI=1S/C11H15Cl2O2PS3.C10H6Cl8/c1-3-14-16(17,15-4-2)19-8-18-11-7-9(12)5-6-10(11)13;11-3-1-2-4(5(3)12)9(16)7(14)6(13)8(2,15)10(9,17)18/h5-7H,3-4,8H2,1-2H3;2-5H,1H2. The van der Waals surface area contributed by atoms with Gasteiger partial charge in [0.2, 0.25) is 5.69 Å². The summed E-state index contributed by atoms with van der Waals surface area (Å²) < 4.78 is 9.61. The summed E-state index contributed by atoms with van der Waals surface area (Å²) in [5.74, 6) is -0.488. The Kier molecular flexibility index (Phi) is 12.5. The highest BCUT2D eigenvalue weighted by Crippen LogP contribution is 2.79. The lowest BCUT2D eigenvalue weighted by Crippen LogP contribution is -2.47. The van der Waals surface area contributed by atoms with E-state index in [0.717, 1.165) is 9.98 Å². The lowest BCUT2D eigenvalue weighted by Gasteiger charge is -2.35. The largest absolute Gasteiger partial charge is 0.322 e. The van der Waals surface area contributed by atoms with Crippen LogP contribution < -0.4 is 0 Å². The van der Waals surface area contributed by atoms with Crippen LogP contribution in [0.1, 0.15) is 20.3 Å². The Hall–Kier alpha value is 3.13. The molecule has 1 aromatic rings. The van der Waals surface area contributed by atoms with Crippen LogP contribution in [0.2, 0.25) is 10.0 Å². The fourth-order valence-electron chi connectivity index (χ4n) is 4.65. The normalized spacial score (nSPS) is 33.9. The van der Waals surface area contributed by atoms with Crippen LogP contribution in [0, 0.1) is 11.8 Å². The van der Waals surface area contributed by atoms with Gasteiger partial charge >= 0.3 is 0 Å². The summed E-state index contributed by atoms with van der Waals surface area (Å²) in [6.45, 7) is 4.96. The number of alkyl halides is 6. The number of halogens is 10. The Morgan fingerprint density at radius 2 is 1.54 bits per heavy atom. The number of rotatable bonds is 8. The zero-order valence-electron chi connectivity index (χ0n) is 19.1. The first-order valence-electron chi connectivity index (χ1n) is 10.8. The lowest BCUT2D eigenvalue weighted by molar-refractivity contribution is 0.280. The van der Waals surface area contributed by atoms with Crippen LogP contribution in [0.3, 0.4) is 0 Å².